The largest absolute Gasteiger partial charge is 0.325 e. The molecule has 164 valence electrons. The first-order chi connectivity index (χ1) is 15.5. The summed E-state index contributed by atoms with van der Waals surface area (Å²) >= 11 is 1.55. The van der Waals surface area contributed by atoms with Crippen LogP contribution in [-0.2, 0) is 17.9 Å². The Bertz CT molecular complexity index is 1130. The van der Waals surface area contributed by atoms with E-state index in [1.807, 2.05) is 55.5 Å². The van der Waals surface area contributed by atoms with Crippen molar-refractivity contribution in [3.63, 3.8) is 0 Å². The molecule has 0 aliphatic carbocycles. The number of piperidine rings is 1. The number of carbonyl (C=O) groups is 2. The van der Waals surface area contributed by atoms with E-state index in [4.69, 9.17) is 0 Å². The molecule has 3 aromatic rings. The number of benzene rings is 2. The van der Waals surface area contributed by atoms with Crippen LogP contribution < -0.4 is 5.32 Å². The van der Waals surface area contributed by atoms with Gasteiger partial charge in [-0.05, 0) is 31.9 Å². The molecular weight excluding hydrogens is 420 g/mol. The minimum absolute atomic E-state index is 0.116. The molecule has 3 amide bonds. The third-order valence-corrected chi connectivity index (χ3v) is 7.47. The molecular formula is C25H26N4O2S. The van der Waals surface area contributed by atoms with E-state index in [2.05, 4.69) is 27.3 Å². The summed E-state index contributed by atoms with van der Waals surface area (Å²) < 4.78 is 0. The molecule has 1 atom stereocenters. The molecule has 5 rings (SSSR count). The average molecular weight is 447 g/mol. The number of nitrogens with zero attached hydrogens (tertiary/aromatic N) is 3. The molecule has 1 spiro atoms. The highest BCUT2D eigenvalue weighted by Gasteiger charge is 2.53. The lowest BCUT2D eigenvalue weighted by Crippen LogP contribution is -2.58. The van der Waals surface area contributed by atoms with Crippen molar-refractivity contribution in [3.8, 4) is 10.6 Å². The molecule has 1 aromatic heterocycles. The van der Waals surface area contributed by atoms with Gasteiger partial charge in [-0.1, -0.05) is 60.7 Å². The number of nitrogens with one attached hydrogen (secondary N) is 1. The van der Waals surface area contributed by atoms with Crippen molar-refractivity contribution >= 4 is 23.3 Å². The fraction of sp³-hybridized carbons (Fsp3) is 0.320. The molecule has 6 nitrogen and oxygen atoms in total. The van der Waals surface area contributed by atoms with Crippen LogP contribution in [0.15, 0.2) is 60.7 Å². The molecule has 0 saturated carbocycles. The van der Waals surface area contributed by atoms with E-state index in [-0.39, 0.29) is 18.5 Å². The van der Waals surface area contributed by atoms with Crippen LogP contribution in [0.5, 0.6) is 0 Å². The summed E-state index contributed by atoms with van der Waals surface area (Å²) in [6.45, 7) is 4.45. The zero-order valence-electron chi connectivity index (χ0n) is 18.1. The van der Waals surface area contributed by atoms with E-state index in [9.17, 15) is 9.59 Å². The maximum atomic E-state index is 13.5. The van der Waals surface area contributed by atoms with E-state index in [1.165, 1.54) is 10.5 Å². The number of likely N-dealkylation sites (tertiary alicyclic amines) is 1. The van der Waals surface area contributed by atoms with Gasteiger partial charge in [0.05, 0.1) is 12.2 Å². The van der Waals surface area contributed by atoms with Crippen molar-refractivity contribution in [2.75, 3.05) is 13.1 Å². The van der Waals surface area contributed by atoms with Crippen LogP contribution in [0.3, 0.4) is 0 Å². The Morgan fingerprint density at radius 2 is 1.75 bits per heavy atom. The number of amides is 3. The highest BCUT2D eigenvalue weighted by atomic mass is 32.1. The van der Waals surface area contributed by atoms with Crippen LogP contribution in [0, 0.1) is 6.92 Å². The number of hydrogen-bond donors (Lipinski definition) is 1. The zero-order valence-corrected chi connectivity index (χ0v) is 18.9. The molecule has 1 N–H and O–H groups in total. The molecule has 2 fully saturated rings. The topological polar surface area (TPSA) is 65.5 Å². The molecule has 2 aliphatic rings. The summed E-state index contributed by atoms with van der Waals surface area (Å²) in [7, 11) is 0. The molecule has 2 saturated heterocycles. The number of aryl methyl sites for hydroxylation is 1. The molecule has 7 heteroatoms. The summed E-state index contributed by atoms with van der Waals surface area (Å²) in [6.07, 6.45) is 1.56. The van der Waals surface area contributed by atoms with Crippen molar-refractivity contribution in [1.29, 1.82) is 0 Å². The van der Waals surface area contributed by atoms with Gasteiger partial charge in [0.2, 0.25) is 0 Å². The van der Waals surface area contributed by atoms with Crippen molar-refractivity contribution in [2.45, 2.75) is 38.4 Å². The quantitative estimate of drug-likeness (QED) is 0.597. The monoisotopic (exact) mass is 446 g/mol. The number of imide groups is 1. The molecule has 2 aromatic carbocycles. The Labute approximate surface area is 191 Å². The second-order valence-electron chi connectivity index (χ2n) is 8.60. The number of rotatable bonds is 5. The summed E-state index contributed by atoms with van der Waals surface area (Å²) in [6, 6.07) is 19.9. The van der Waals surface area contributed by atoms with Gasteiger partial charge in [-0.2, -0.15) is 0 Å². The summed E-state index contributed by atoms with van der Waals surface area (Å²) in [5.74, 6) is -0.116. The first-order valence-corrected chi connectivity index (χ1v) is 11.8. The van der Waals surface area contributed by atoms with Crippen LogP contribution in [0.1, 0.15) is 29.0 Å². The Morgan fingerprint density at radius 1 is 1.03 bits per heavy atom. The first kappa shape index (κ1) is 20.8. The number of thiazole rings is 1. The summed E-state index contributed by atoms with van der Waals surface area (Å²) in [4.78, 5) is 35.6. The van der Waals surface area contributed by atoms with Crippen molar-refractivity contribution < 1.29 is 9.59 Å². The third-order valence-electron chi connectivity index (χ3n) is 6.28. The number of aromatic nitrogens is 1. The lowest BCUT2D eigenvalue weighted by molar-refractivity contribution is -0.133. The van der Waals surface area contributed by atoms with E-state index < -0.39 is 5.54 Å². The standard InChI is InChI=1S/C25H26N4O2S/c1-18-21(32-22(26-18)20-11-6-3-7-12-20)16-29-23(30)25(27-24(29)31)13-8-14-28(17-25)15-19-9-4-2-5-10-19/h2-7,9-12H,8,13-17H2,1H3,(H,27,31). The summed E-state index contributed by atoms with van der Waals surface area (Å²) in [5, 5.41) is 3.95. The minimum Gasteiger partial charge on any atom is -0.322 e. The average Bonchev–Trinajstić information content (AvgIpc) is 3.28. The Hall–Kier alpha value is -3.03. The smallest absolute Gasteiger partial charge is 0.322 e. The molecule has 0 bridgehead atoms. The minimum atomic E-state index is -0.828. The number of carbonyl (C=O) groups excluding carboxylic acids is 2. The number of urea groups is 1. The maximum Gasteiger partial charge on any atom is 0.325 e. The summed E-state index contributed by atoms with van der Waals surface area (Å²) in [5.41, 5.74) is 2.30. The molecule has 1 unspecified atom stereocenters. The highest BCUT2D eigenvalue weighted by molar-refractivity contribution is 7.15. The van der Waals surface area contributed by atoms with E-state index >= 15 is 0 Å². The Morgan fingerprint density at radius 3 is 2.50 bits per heavy atom. The van der Waals surface area contributed by atoms with Gasteiger partial charge in [-0.25, -0.2) is 9.78 Å². The van der Waals surface area contributed by atoms with Gasteiger partial charge < -0.3 is 5.32 Å². The van der Waals surface area contributed by atoms with Crippen molar-refractivity contribution in [1.82, 2.24) is 20.1 Å². The van der Waals surface area contributed by atoms with Crippen molar-refractivity contribution in [2.24, 2.45) is 0 Å². The van der Waals surface area contributed by atoms with Gasteiger partial charge in [0, 0.05) is 23.5 Å². The van der Waals surface area contributed by atoms with Crippen LogP contribution in [-0.4, -0.2) is 45.4 Å². The molecule has 3 heterocycles. The Balaban J connectivity index is 1.32. The lowest BCUT2D eigenvalue weighted by Gasteiger charge is -2.38. The molecule has 32 heavy (non-hydrogen) atoms. The predicted molar refractivity (Wildman–Crippen MR) is 125 cm³/mol. The van der Waals surface area contributed by atoms with Crippen LogP contribution >= 0.6 is 11.3 Å². The van der Waals surface area contributed by atoms with Crippen molar-refractivity contribution in [3.05, 3.63) is 76.8 Å². The fourth-order valence-corrected chi connectivity index (χ4v) is 5.70. The highest BCUT2D eigenvalue weighted by Crippen LogP contribution is 2.33. The van der Waals surface area contributed by atoms with Crippen LogP contribution in [0.25, 0.3) is 10.6 Å². The van der Waals surface area contributed by atoms with Gasteiger partial charge in [-0.15, -0.1) is 11.3 Å². The predicted octanol–water partition coefficient (Wildman–Crippen LogP) is 4.21. The molecule has 0 radical (unpaired) electrons. The van der Waals surface area contributed by atoms with E-state index in [1.54, 1.807) is 11.3 Å². The second kappa shape index (κ2) is 8.48. The van der Waals surface area contributed by atoms with Crippen LogP contribution in [0.2, 0.25) is 0 Å². The van der Waals surface area contributed by atoms with Gasteiger partial charge in [-0.3, -0.25) is 14.6 Å². The second-order valence-corrected chi connectivity index (χ2v) is 9.68. The van der Waals surface area contributed by atoms with E-state index in [0.717, 1.165) is 40.7 Å². The normalized spacial score (nSPS) is 21.3. The van der Waals surface area contributed by atoms with Gasteiger partial charge in [0.1, 0.15) is 10.5 Å². The third kappa shape index (κ3) is 3.94. The van der Waals surface area contributed by atoms with Gasteiger partial charge in [0.15, 0.2) is 0 Å². The maximum absolute atomic E-state index is 13.5. The first-order valence-electron chi connectivity index (χ1n) is 11.0. The van der Waals surface area contributed by atoms with Gasteiger partial charge in [0.25, 0.3) is 5.91 Å². The fourth-order valence-electron chi connectivity index (χ4n) is 4.64. The lowest BCUT2D eigenvalue weighted by atomic mass is 9.88. The number of hydrogen-bond acceptors (Lipinski definition) is 5. The Kier molecular flexibility index (Phi) is 5.53. The molecule has 2 aliphatic heterocycles. The zero-order chi connectivity index (χ0) is 22.1. The SMILES string of the molecule is Cc1nc(-c2ccccc2)sc1CN1C(=O)NC2(CCCN(Cc3ccccc3)C2)C1=O. The van der Waals surface area contributed by atoms with Crippen LogP contribution in [0.4, 0.5) is 4.79 Å². The van der Waals surface area contributed by atoms with E-state index in [0.29, 0.717) is 13.0 Å². The van der Waals surface area contributed by atoms with Gasteiger partial charge >= 0.3 is 6.03 Å².